The minimum absolute atomic E-state index is 0.284. The average Bonchev–Trinajstić information content (AvgIpc) is 2.36. The number of rotatable bonds is 2. The monoisotopic (exact) mass is 304 g/mol. The number of halogens is 2. The molecule has 0 amide bonds. The molecule has 2 aromatic carbocycles. The molecule has 2 nitrogen and oxygen atoms in total. The molecule has 0 aliphatic rings. The zero-order valence-electron chi connectivity index (χ0n) is 9.67. The first kappa shape index (κ1) is 12.6. The first-order valence-corrected chi connectivity index (χ1v) is 6.12. The lowest BCUT2D eigenvalue weighted by Gasteiger charge is -2.11. The molecule has 2 aromatic rings. The van der Waals surface area contributed by atoms with Crippen LogP contribution in [0.3, 0.4) is 0 Å². The molecule has 0 heterocycles. The maximum atomic E-state index is 13.2. The Kier molecular flexibility index (Phi) is 3.63. The Hall–Kier alpha value is -1.86. The number of nitriles is 1. The summed E-state index contributed by atoms with van der Waals surface area (Å²) >= 11 is 3.38. The van der Waals surface area contributed by atoms with Crippen molar-refractivity contribution in [2.24, 2.45) is 0 Å². The highest BCUT2D eigenvalue weighted by molar-refractivity contribution is 9.10. The van der Waals surface area contributed by atoms with E-state index in [1.165, 1.54) is 12.1 Å². The fraction of sp³-hybridized carbons (Fsp3) is 0.0714. The van der Waals surface area contributed by atoms with Gasteiger partial charge in [0.05, 0.1) is 17.3 Å². The molecule has 0 spiro atoms. The molecular formula is C14H10BrFN2. The van der Waals surface area contributed by atoms with Gasteiger partial charge in [0.25, 0.3) is 0 Å². The van der Waals surface area contributed by atoms with E-state index >= 15 is 0 Å². The van der Waals surface area contributed by atoms with Crippen LogP contribution in [-0.4, -0.2) is 0 Å². The number of nitrogens with zero attached hydrogens (tertiary/aromatic N) is 1. The van der Waals surface area contributed by atoms with Crippen LogP contribution < -0.4 is 5.32 Å². The van der Waals surface area contributed by atoms with Crippen molar-refractivity contribution >= 4 is 27.3 Å². The molecule has 18 heavy (non-hydrogen) atoms. The molecule has 4 heteroatoms. The van der Waals surface area contributed by atoms with Crippen molar-refractivity contribution < 1.29 is 4.39 Å². The van der Waals surface area contributed by atoms with Crippen molar-refractivity contribution in [3.63, 3.8) is 0 Å². The Morgan fingerprint density at radius 1 is 1.17 bits per heavy atom. The van der Waals surface area contributed by atoms with Crippen molar-refractivity contribution in [3.8, 4) is 6.07 Å². The zero-order valence-corrected chi connectivity index (χ0v) is 11.3. The second-order valence-corrected chi connectivity index (χ2v) is 4.75. The number of nitrogens with one attached hydrogen (secondary N) is 1. The lowest BCUT2D eigenvalue weighted by Crippen LogP contribution is -1.95. The molecule has 0 fully saturated rings. The van der Waals surface area contributed by atoms with Crippen LogP contribution in [0.4, 0.5) is 15.8 Å². The molecule has 0 saturated heterocycles. The Balaban J connectivity index is 2.34. The van der Waals surface area contributed by atoms with Gasteiger partial charge in [0, 0.05) is 10.2 Å². The van der Waals surface area contributed by atoms with Crippen LogP contribution in [0.2, 0.25) is 0 Å². The summed E-state index contributed by atoms with van der Waals surface area (Å²) in [6.45, 7) is 1.90. The van der Waals surface area contributed by atoms with Gasteiger partial charge < -0.3 is 5.32 Å². The van der Waals surface area contributed by atoms with Crippen LogP contribution in [-0.2, 0) is 0 Å². The Morgan fingerprint density at radius 2 is 1.94 bits per heavy atom. The van der Waals surface area contributed by atoms with Crippen LogP contribution >= 0.6 is 15.9 Å². The van der Waals surface area contributed by atoms with Crippen molar-refractivity contribution in [1.29, 1.82) is 5.26 Å². The van der Waals surface area contributed by atoms with E-state index in [2.05, 4.69) is 27.3 Å². The maximum absolute atomic E-state index is 13.2. The molecule has 1 N–H and O–H groups in total. The van der Waals surface area contributed by atoms with E-state index in [1.54, 1.807) is 24.3 Å². The number of anilines is 2. The fourth-order valence-corrected chi connectivity index (χ4v) is 2.04. The van der Waals surface area contributed by atoms with Crippen LogP contribution in [0.15, 0.2) is 40.9 Å². The van der Waals surface area contributed by atoms with Gasteiger partial charge in [-0.15, -0.1) is 0 Å². The molecule has 0 saturated carbocycles. The predicted molar refractivity (Wildman–Crippen MR) is 73.3 cm³/mol. The highest BCUT2D eigenvalue weighted by Gasteiger charge is 2.05. The van der Waals surface area contributed by atoms with E-state index in [0.717, 1.165) is 15.7 Å². The third kappa shape index (κ3) is 2.69. The van der Waals surface area contributed by atoms with Crippen molar-refractivity contribution in [2.75, 3.05) is 5.32 Å². The average molecular weight is 305 g/mol. The summed E-state index contributed by atoms with van der Waals surface area (Å²) in [6, 6.07) is 11.9. The first-order chi connectivity index (χ1) is 8.60. The van der Waals surface area contributed by atoms with E-state index in [-0.39, 0.29) is 5.82 Å². The molecule has 2 rings (SSSR count). The number of benzene rings is 2. The minimum Gasteiger partial charge on any atom is -0.354 e. The van der Waals surface area contributed by atoms with Gasteiger partial charge in [-0.2, -0.15) is 5.26 Å². The van der Waals surface area contributed by atoms with Gasteiger partial charge in [0.1, 0.15) is 5.82 Å². The molecule has 0 radical (unpaired) electrons. The summed E-state index contributed by atoms with van der Waals surface area (Å²) in [5.41, 5.74) is 3.03. The molecular weight excluding hydrogens is 295 g/mol. The van der Waals surface area contributed by atoms with Crippen LogP contribution in [0.25, 0.3) is 0 Å². The number of aryl methyl sites for hydroxylation is 1. The summed E-state index contributed by atoms with van der Waals surface area (Å²) < 4.78 is 13.9. The molecule has 0 unspecified atom stereocenters. The summed E-state index contributed by atoms with van der Waals surface area (Å²) in [5, 5.41) is 11.9. The Morgan fingerprint density at radius 3 is 2.61 bits per heavy atom. The molecule has 0 aliphatic carbocycles. The van der Waals surface area contributed by atoms with Gasteiger partial charge in [-0.3, -0.25) is 0 Å². The van der Waals surface area contributed by atoms with E-state index in [0.29, 0.717) is 11.3 Å². The van der Waals surface area contributed by atoms with Gasteiger partial charge in [-0.05, 0) is 58.7 Å². The van der Waals surface area contributed by atoms with Crippen molar-refractivity contribution in [2.45, 2.75) is 6.92 Å². The standard InChI is InChI=1S/C14H10BrFN2/c1-9-2-4-11(16)7-14(9)18-13-5-3-10(8-17)6-12(13)15/h2-7,18H,1H3. The van der Waals surface area contributed by atoms with Gasteiger partial charge in [0.15, 0.2) is 0 Å². The zero-order chi connectivity index (χ0) is 13.1. The molecule has 90 valence electrons. The molecule has 0 atom stereocenters. The van der Waals surface area contributed by atoms with E-state index in [4.69, 9.17) is 5.26 Å². The molecule has 0 bridgehead atoms. The highest BCUT2D eigenvalue weighted by Crippen LogP contribution is 2.28. The van der Waals surface area contributed by atoms with Crippen molar-refractivity contribution in [3.05, 3.63) is 57.8 Å². The van der Waals surface area contributed by atoms with E-state index in [9.17, 15) is 4.39 Å². The van der Waals surface area contributed by atoms with Crippen LogP contribution in [0.1, 0.15) is 11.1 Å². The fourth-order valence-electron chi connectivity index (χ4n) is 1.56. The quantitative estimate of drug-likeness (QED) is 0.886. The molecule has 0 aromatic heterocycles. The Bertz CT molecular complexity index is 632. The lowest BCUT2D eigenvalue weighted by atomic mass is 10.1. The highest BCUT2D eigenvalue weighted by atomic mass is 79.9. The van der Waals surface area contributed by atoms with Gasteiger partial charge in [-0.25, -0.2) is 4.39 Å². The SMILES string of the molecule is Cc1ccc(F)cc1Nc1ccc(C#N)cc1Br. The topological polar surface area (TPSA) is 35.8 Å². The van der Waals surface area contributed by atoms with Crippen molar-refractivity contribution in [1.82, 2.24) is 0 Å². The maximum Gasteiger partial charge on any atom is 0.125 e. The lowest BCUT2D eigenvalue weighted by molar-refractivity contribution is 0.628. The van der Waals surface area contributed by atoms with E-state index < -0.39 is 0 Å². The second-order valence-electron chi connectivity index (χ2n) is 3.89. The summed E-state index contributed by atoms with van der Waals surface area (Å²) in [4.78, 5) is 0. The Labute approximate surface area is 113 Å². The van der Waals surface area contributed by atoms with Gasteiger partial charge in [0.2, 0.25) is 0 Å². The van der Waals surface area contributed by atoms with E-state index in [1.807, 2.05) is 6.92 Å². The minimum atomic E-state index is -0.284. The van der Waals surface area contributed by atoms with Gasteiger partial charge >= 0.3 is 0 Å². The number of hydrogen-bond acceptors (Lipinski definition) is 2. The third-order valence-electron chi connectivity index (χ3n) is 2.57. The summed E-state index contributed by atoms with van der Waals surface area (Å²) in [7, 11) is 0. The number of hydrogen-bond donors (Lipinski definition) is 1. The largest absolute Gasteiger partial charge is 0.354 e. The van der Waals surface area contributed by atoms with Gasteiger partial charge in [-0.1, -0.05) is 6.07 Å². The smallest absolute Gasteiger partial charge is 0.125 e. The van der Waals surface area contributed by atoms with Crippen LogP contribution in [0.5, 0.6) is 0 Å². The summed E-state index contributed by atoms with van der Waals surface area (Å²) in [5.74, 6) is -0.284. The van der Waals surface area contributed by atoms with Crippen LogP contribution in [0, 0.1) is 24.1 Å². The molecule has 0 aliphatic heterocycles. The third-order valence-corrected chi connectivity index (χ3v) is 3.22. The summed E-state index contributed by atoms with van der Waals surface area (Å²) in [6.07, 6.45) is 0. The normalized spacial score (nSPS) is 9.89. The predicted octanol–water partition coefficient (Wildman–Crippen LogP) is 4.51. The first-order valence-electron chi connectivity index (χ1n) is 5.33. The second kappa shape index (κ2) is 5.19.